The van der Waals surface area contributed by atoms with Crippen LogP contribution < -0.4 is 0 Å². The summed E-state index contributed by atoms with van der Waals surface area (Å²) in [7, 11) is 0. The van der Waals surface area contributed by atoms with Gasteiger partial charge in [0.1, 0.15) is 0 Å². The predicted octanol–water partition coefficient (Wildman–Crippen LogP) is 3.21. The van der Waals surface area contributed by atoms with Crippen LogP contribution in [0.25, 0.3) is 0 Å². The molecule has 0 saturated carbocycles. The van der Waals surface area contributed by atoms with Gasteiger partial charge in [-0.1, -0.05) is 46.3 Å². The molecule has 1 amide bonds. The average molecular weight is 404 g/mol. The first kappa shape index (κ1) is 17.6. The summed E-state index contributed by atoms with van der Waals surface area (Å²) in [5.74, 6) is -0.747. The van der Waals surface area contributed by atoms with Gasteiger partial charge in [0, 0.05) is 23.1 Å². The molecule has 0 bridgehead atoms. The monoisotopic (exact) mass is 403 g/mol. The van der Waals surface area contributed by atoms with Gasteiger partial charge in [0.15, 0.2) is 0 Å². The standard InChI is InChI=1S/C19H18BrNO4/c20-16-8-6-15(7-9-16)19(23)25-17(14-4-2-1-3-5-14)18(22)21-10-12-24-13-11-21/h1-9,17H,10-13H2/t17-/m1/s1. The van der Waals surface area contributed by atoms with Crippen molar-refractivity contribution in [3.8, 4) is 0 Å². The highest BCUT2D eigenvalue weighted by Gasteiger charge is 2.30. The molecule has 0 radical (unpaired) electrons. The molecule has 5 nitrogen and oxygen atoms in total. The average Bonchev–Trinajstić information content (AvgIpc) is 2.67. The largest absolute Gasteiger partial charge is 0.444 e. The lowest BCUT2D eigenvalue weighted by atomic mass is 10.1. The minimum Gasteiger partial charge on any atom is -0.444 e. The van der Waals surface area contributed by atoms with E-state index in [9.17, 15) is 9.59 Å². The third kappa shape index (κ3) is 4.46. The van der Waals surface area contributed by atoms with Crippen LogP contribution in [-0.4, -0.2) is 43.1 Å². The van der Waals surface area contributed by atoms with Crippen LogP contribution in [0.5, 0.6) is 0 Å². The van der Waals surface area contributed by atoms with Gasteiger partial charge in [-0.15, -0.1) is 0 Å². The van der Waals surface area contributed by atoms with Gasteiger partial charge in [0.25, 0.3) is 5.91 Å². The molecule has 0 N–H and O–H groups in total. The van der Waals surface area contributed by atoms with E-state index in [1.807, 2.05) is 18.2 Å². The number of halogens is 1. The fourth-order valence-corrected chi connectivity index (χ4v) is 2.86. The van der Waals surface area contributed by atoms with Crippen LogP contribution in [0.2, 0.25) is 0 Å². The molecule has 0 unspecified atom stereocenters. The second-order valence-electron chi connectivity index (χ2n) is 5.64. The molecule has 6 heteroatoms. The number of esters is 1. The highest BCUT2D eigenvalue weighted by atomic mass is 79.9. The summed E-state index contributed by atoms with van der Waals surface area (Å²) in [4.78, 5) is 27.1. The number of amides is 1. The molecule has 1 heterocycles. The van der Waals surface area contributed by atoms with Crippen molar-refractivity contribution >= 4 is 27.8 Å². The first-order valence-electron chi connectivity index (χ1n) is 8.03. The molecule has 1 aliphatic rings. The van der Waals surface area contributed by atoms with Crippen LogP contribution in [-0.2, 0) is 14.3 Å². The molecular weight excluding hydrogens is 386 g/mol. The molecule has 1 fully saturated rings. The fraction of sp³-hybridized carbons (Fsp3) is 0.263. The maximum atomic E-state index is 12.9. The summed E-state index contributed by atoms with van der Waals surface area (Å²) in [5.41, 5.74) is 1.06. The predicted molar refractivity (Wildman–Crippen MR) is 96.1 cm³/mol. The molecule has 0 spiro atoms. The highest BCUT2D eigenvalue weighted by molar-refractivity contribution is 9.10. The third-order valence-corrected chi connectivity index (χ3v) is 4.48. The van der Waals surface area contributed by atoms with Crippen LogP contribution in [0.1, 0.15) is 22.0 Å². The number of hydrogen-bond acceptors (Lipinski definition) is 4. The van der Waals surface area contributed by atoms with Gasteiger partial charge in [0.2, 0.25) is 6.10 Å². The summed E-state index contributed by atoms with van der Waals surface area (Å²) in [6, 6.07) is 15.9. The molecule has 130 valence electrons. The maximum absolute atomic E-state index is 12.9. The first-order chi connectivity index (χ1) is 12.1. The van der Waals surface area contributed by atoms with Crippen LogP contribution >= 0.6 is 15.9 Å². The first-order valence-corrected chi connectivity index (χ1v) is 8.82. The van der Waals surface area contributed by atoms with Gasteiger partial charge in [-0.2, -0.15) is 0 Å². The molecule has 2 aromatic carbocycles. The van der Waals surface area contributed by atoms with Gasteiger partial charge in [0.05, 0.1) is 18.8 Å². The summed E-state index contributed by atoms with van der Waals surface area (Å²) < 4.78 is 11.8. The van der Waals surface area contributed by atoms with Crippen LogP contribution in [0.3, 0.4) is 0 Å². The zero-order chi connectivity index (χ0) is 17.6. The van der Waals surface area contributed by atoms with E-state index in [-0.39, 0.29) is 5.91 Å². The number of nitrogens with zero attached hydrogens (tertiary/aromatic N) is 1. The molecule has 0 aliphatic carbocycles. The number of carbonyl (C=O) groups is 2. The van der Waals surface area contributed by atoms with E-state index >= 15 is 0 Å². The summed E-state index contributed by atoms with van der Waals surface area (Å²) in [6.45, 7) is 1.98. The number of carbonyl (C=O) groups excluding carboxylic acids is 2. The van der Waals surface area contributed by atoms with Crippen molar-refractivity contribution in [3.63, 3.8) is 0 Å². The Morgan fingerprint density at radius 2 is 1.64 bits per heavy atom. The molecule has 0 aromatic heterocycles. The second-order valence-corrected chi connectivity index (χ2v) is 6.56. The summed E-state index contributed by atoms with van der Waals surface area (Å²) >= 11 is 3.33. The minimum absolute atomic E-state index is 0.222. The van der Waals surface area contributed by atoms with Crippen LogP contribution in [0.4, 0.5) is 0 Å². The lowest BCUT2D eigenvalue weighted by Crippen LogP contribution is -2.44. The molecule has 25 heavy (non-hydrogen) atoms. The Labute approximate surface area is 154 Å². The van der Waals surface area contributed by atoms with E-state index in [1.54, 1.807) is 41.3 Å². The van der Waals surface area contributed by atoms with Gasteiger partial charge in [-0.3, -0.25) is 4.79 Å². The molecular formula is C19H18BrNO4. The Balaban J connectivity index is 1.82. The SMILES string of the molecule is O=C(O[C@@H](C(=O)N1CCOCC1)c1ccccc1)c1ccc(Br)cc1. The molecule has 3 rings (SSSR count). The van der Waals surface area contributed by atoms with Crippen molar-refractivity contribution in [2.45, 2.75) is 6.10 Å². The number of hydrogen-bond donors (Lipinski definition) is 0. The van der Waals surface area contributed by atoms with Crippen molar-refractivity contribution in [1.82, 2.24) is 4.90 Å². The maximum Gasteiger partial charge on any atom is 0.339 e. The normalized spacial score (nSPS) is 15.5. The lowest BCUT2D eigenvalue weighted by Gasteiger charge is -2.30. The van der Waals surface area contributed by atoms with E-state index in [2.05, 4.69) is 15.9 Å². The van der Waals surface area contributed by atoms with Crippen molar-refractivity contribution in [2.24, 2.45) is 0 Å². The smallest absolute Gasteiger partial charge is 0.339 e. The summed E-state index contributed by atoms with van der Waals surface area (Å²) in [6.07, 6.45) is -0.963. The Hall–Kier alpha value is -2.18. The van der Waals surface area contributed by atoms with E-state index in [0.29, 0.717) is 37.4 Å². The van der Waals surface area contributed by atoms with Gasteiger partial charge >= 0.3 is 5.97 Å². The zero-order valence-corrected chi connectivity index (χ0v) is 15.1. The number of rotatable bonds is 4. The van der Waals surface area contributed by atoms with Crippen molar-refractivity contribution in [1.29, 1.82) is 0 Å². The van der Waals surface area contributed by atoms with Crippen molar-refractivity contribution < 1.29 is 19.1 Å². The molecule has 1 saturated heterocycles. The van der Waals surface area contributed by atoms with Crippen LogP contribution in [0.15, 0.2) is 59.1 Å². The third-order valence-electron chi connectivity index (χ3n) is 3.95. The number of benzene rings is 2. The number of ether oxygens (including phenoxy) is 2. The van der Waals surface area contributed by atoms with E-state index in [1.165, 1.54) is 0 Å². The highest BCUT2D eigenvalue weighted by Crippen LogP contribution is 2.23. The van der Waals surface area contributed by atoms with Gasteiger partial charge in [-0.25, -0.2) is 4.79 Å². The Morgan fingerprint density at radius 3 is 2.28 bits per heavy atom. The Kier molecular flexibility index (Phi) is 5.83. The number of morpholine rings is 1. The quantitative estimate of drug-likeness (QED) is 0.735. The molecule has 2 aromatic rings. The van der Waals surface area contributed by atoms with Crippen molar-refractivity contribution in [2.75, 3.05) is 26.3 Å². The van der Waals surface area contributed by atoms with Gasteiger partial charge in [-0.05, 0) is 24.3 Å². The van der Waals surface area contributed by atoms with E-state index in [4.69, 9.17) is 9.47 Å². The van der Waals surface area contributed by atoms with Gasteiger partial charge < -0.3 is 14.4 Å². The van der Waals surface area contributed by atoms with Crippen LogP contribution in [0, 0.1) is 0 Å². The minimum atomic E-state index is -0.963. The van der Waals surface area contributed by atoms with E-state index in [0.717, 1.165) is 4.47 Å². The lowest BCUT2D eigenvalue weighted by molar-refractivity contribution is -0.145. The molecule has 1 aliphatic heterocycles. The zero-order valence-electron chi connectivity index (χ0n) is 13.6. The summed E-state index contributed by atoms with van der Waals surface area (Å²) in [5, 5.41) is 0. The Bertz CT molecular complexity index is 727. The topological polar surface area (TPSA) is 55.8 Å². The Morgan fingerprint density at radius 1 is 1.00 bits per heavy atom. The van der Waals surface area contributed by atoms with E-state index < -0.39 is 12.1 Å². The van der Waals surface area contributed by atoms with Crippen molar-refractivity contribution in [3.05, 3.63) is 70.2 Å². The fourth-order valence-electron chi connectivity index (χ4n) is 2.60. The molecule has 1 atom stereocenters. The second kappa shape index (κ2) is 8.27.